The summed E-state index contributed by atoms with van der Waals surface area (Å²) < 4.78 is 16.9. The quantitative estimate of drug-likeness (QED) is 0.389. The molecule has 0 saturated heterocycles. The number of hydrogen-bond donors (Lipinski definition) is 1. The Hall–Kier alpha value is -4.25. The predicted octanol–water partition coefficient (Wildman–Crippen LogP) is 3.89. The van der Waals surface area contributed by atoms with Crippen molar-refractivity contribution >= 4 is 28.0 Å². The van der Waals surface area contributed by atoms with Gasteiger partial charge in [0.15, 0.2) is 16.7 Å². The molecule has 1 unspecified atom stereocenters. The highest BCUT2D eigenvalue weighted by Crippen LogP contribution is 2.30. The van der Waals surface area contributed by atoms with Gasteiger partial charge >= 0.3 is 0 Å². The van der Waals surface area contributed by atoms with Gasteiger partial charge in [0.05, 0.1) is 29.2 Å². The zero-order chi connectivity index (χ0) is 25.7. The summed E-state index contributed by atoms with van der Waals surface area (Å²) in [6.45, 7) is 4.51. The number of aromatic amines is 1. The van der Waals surface area contributed by atoms with Crippen LogP contribution in [0.4, 0.5) is 4.39 Å². The van der Waals surface area contributed by atoms with Gasteiger partial charge in [0.25, 0.3) is 11.5 Å². The van der Waals surface area contributed by atoms with Gasteiger partial charge in [0.1, 0.15) is 5.82 Å². The molecule has 0 spiro atoms. The molecule has 6 rings (SSSR count). The van der Waals surface area contributed by atoms with Crippen LogP contribution in [0.3, 0.4) is 0 Å². The van der Waals surface area contributed by atoms with Crippen molar-refractivity contribution in [2.45, 2.75) is 32.9 Å². The lowest BCUT2D eigenvalue weighted by molar-refractivity contribution is 0.0677. The van der Waals surface area contributed by atoms with Gasteiger partial charge in [0.2, 0.25) is 0 Å². The van der Waals surface area contributed by atoms with Gasteiger partial charge < -0.3 is 9.47 Å². The molecule has 1 amide bonds. The Bertz CT molecular complexity index is 1720. The number of hydrogen-bond acceptors (Lipinski definition) is 7. The molecule has 0 saturated carbocycles. The summed E-state index contributed by atoms with van der Waals surface area (Å²) in [5.74, 6) is 0.315. The highest BCUT2D eigenvalue weighted by atomic mass is 32.1. The Morgan fingerprint density at radius 2 is 2.00 bits per heavy atom. The van der Waals surface area contributed by atoms with Crippen molar-refractivity contribution < 1.29 is 9.18 Å². The lowest BCUT2D eigenvalue weighted by atomic mass is 10.0. The number of carbonyl (C=O) groups is 1. The highest BCUT2D eigenvalue weighted by Gasteiger charge is 2.32. The Morgan fingerprint density at radius 3 is 2.78 bits per heavy atom. The van der Waals surface area contributed by atoms with Crippen LogP contribution in [0.5, 0.6) is 0 Å². The molecule has 0 bridgehead atoms. The molecule has 1 aliphatic heterocycles. The van der Waals surface area contributed by atoms with Gasteiger partial charge in [-0.3, -0.25) is 9.59 Å². The average Bonchev–Trinajstić information content (AvgIpc) is 3.53. The fourth-order valence-electron chi connectivity index (χ4n) is 4.80. The van der Waals surface area contributed by atoms with Crippen LogP contribution < -0.4 is 5.56 Å². The summed E-state index contributed by atoms with van der Waals surface area (Å²) in [6.07, 6.45) is 0.333. The first-order chi connectivity index (χ1) is 17.9. The number of nitrogens with one attached hydrogen (secondary N) is 1. The summed E-state index contributed by atoms with van der Waals surface area (Å²) in [5.41, 5.74) is 1.99. The Labute approximate surface area is 214 Å². The van der Waals surface area contributed by atoms with Crippen molar-refractivity contribution in [3.05, 3.63) is 92.4 Å². The lowest BCUT2D eigenvalue weighted by Gasteiger charge is -2.32. The minimum absolute atomic E-state index is 0.0119. The largest absolute Gasteiger partial charge is 0.329 e. The molecule has 186 valence electrons. The van der Waals surface area contributed by atoms with Gasteiger partial charge in [-0.2, -0.15) is 5.10 Å². The van der Waals surface area contributed by atoms with Crippen LogP contribution in [0.15, 0.2) is 52.6 Å². The number of H-pyrrole nitrogens is 1. The third-order valence-corrected chi connectivity index (χ3v) is 7.49. The summed E-state index contributed by atoms with van der Waals surface area (Å²) in [7, 11) is 0. The highest BCUT2D eigenvalue weighted by molar-refractivity contribution is 7.13. The minimum atomic E-state index is -0.591. The van der Waals surface area contributed by atoms with E-state index in [1.807, 2.05) is 35.9 Å². The minimum Gasteiger partial charge on any atom is -0.329 e. The molecule has 1 atom stereocenters. The smallest absolute Gasteiger partial charge is 0.272 e. The zero-order valence-corrected chi connectivity index (χ0v) is 20.9. The standard InChI is InChI=1S/C26H22FN7O2S/c1-14-13-37-25(28-14)23-31-30-22-12-33(11-15(2)34(22)23)26(36)19-9-16(7-8-20(19)27)10-21-17-5-3-4-6-18(17)24(35)32-29-21/h3-9,13,15H,10-12H2,1-2H3,(H,32,35). The molecular weight excluding hydrogens is 493 g/mol. The number of aryl methyl sites for hydroxylation is 1. The number of rotatable bonds is 4. The monoisotopic (exact) mass is 515 g/mol. The van der Waals surface area contributed by atoms with E-state index in [1.54, 1.807) is 29.2 Å². The van der Waals surface area contributed by atoms with E-state index in [1.165, 1.54) is 17.4 Å². The van der Waals surface area contributed by atoms with Crippen LogP contribution in [-0.4, -0.2) is 47.3 Å². The van der Waals surface area contributed by atoms with Crippen molar-refractivity contribution in [2.75, 3.05) is 6.54 Å². The normalized spacial score (nSPS) is 15.2. The molecule has 11 heteroatoms. The van der Waals surface area contributed by atoms with Gasteiger partial charge in [-0.15, -0.1) is 21.5 Å². The lowest BCUT2D eigenvalue weighted by Crippen LogP contribution is -2.40. The second-order valence-corrected chi connectivity index (χ2v) is 10.0. The molecular formula is C26H22FN7O2S. The summed E-state index contributed by atoms with van der Waals surface area (Å²) in [4.78, 5) is 31.7. The molecule has 5 aromatic rings. The van der Waals surface area contributed by atoms with Crippen LogP contribution in [0.1, 0.15) is 46.1 Å². The fraction of sp³-hybridized carbons (Fsp3) is 0.231. The molecule has 1 N–H and O–H groups in total. The average molecular weight is 516 g/mol. The van der Waals surface area contributed by atoms with Crippen LogP contribution in [0, 0.1) is 12.7 Å². The van der Waals surface area contributed by atoms with Crippen LogP contribution in [0.25, 0.3) is 21.6 Å². The number of halogens is 1. The number of carbonyl (C=O) groups excluding carboxylic acids is 1. The maximum Gasteiger partial charge on any atom is 0.272 e. The van der Waals surface area contributed by atoms with E-state index < -0.39 is 11.7 Å². The molecule has 0 radical (unpaired) electrons. The first-order valence-corrected chi connectivity index (χ1v) is 12.7. The van der Waals surface area contributed by atoms with E-state index in [2.05, 4.69) is 25.4 Å². The summed E-state index contributed by atoms with van der Waals surface area (Å²) in [5, 5.41) is 19.3. The second kappa shape index (κ2) is 9.00. The first-order valence-electron chi connectivity index (χ1n) is 11.8. The molecule has 3 aromatic heterocycles. The fourth-order valence-corrected chi connectivity index (χ4v) is 5.58. The van der Waals surface area contributed by atoms with Crippen molar-refractivity contribution in [3.8, 4) is 10.8 Å². The maximum absolute atomic E-state index is 14.9. The third kappa shape index (κ3) is 4.10. The molecule has 37 heavy (non-hydrogen) atoms. The van der Waals surface area contributed by atoms with E-state index in [9.17, 15) is 14.0 Å². The number of benzene rings is 2. The molecule has 1 aliphatic rings. The summed E-state index contributed by atoms with van der Waals surface area (Å²) in [6, 6.07) is 11.6. The van der Waals surface area contributed by atoms with E-state index in [-0.39, 0.29) is 23.7 Å². The van der Waals surface area contributed by atoms with Crippen molar-refractivity contribution in [3.63, 3.8) is 0 Å². The van der Waals surface area contributed by atoms with E-state index in [0.29, 0.717) is 41.3 Å². The molecule has 2 aromatic carbocycles. The maximum atomic E-state index is 14.9. The number of fused-ring (bicyclic) bond motifs is 2. The number of thiazole rings is 1. The summed E-state index contributed by atoms with van der Waals surface area (Å²) >= 11 is 1.50. The third-order valence-electron chi connectivity index (χ3n) is 6.53. The molecule has 4 heterocycles. The van der Waals surface area contributed by atoms with Crippen LogP contribution in [0.2, 0.25) is 0 Å². The SMILES string of the molecule is Cc1csc(-c2nnc3n2C(C)CN(C(=O)c2cc(Cc4n[nH]c(=O)c5ccccc45)ccc2F)C3)n1. The number of aromatic nitrogens is 6. The van der Waals surface area contributed by atoms with Gasteiger partial charge in [-0.05, 0) is 37.6 Å². The van der Waals surface area contributed by atoms with Gasteiger partial charge in [0, 0.05) is 29.4 Å². The molecule has 0 fully saturated rings. The second-order valence-electron chi connectivity index (χ2n) is 9.17. The van der Waals surface area contributed by atoms with Crippen molar-refractivity contribution in [1.29, 1.82) is 0 Å². The molecule has 9 nitrogen and oxygen atoms in total. The Balaban J connectivity index is 1.28. The topological polar surface area (TPSA) is 110 Å². The van der Waals surface area contributed by atoms with Crippen molar-refractivity contribution in [1.82, 2.24) is 34.8 Å². The van der Waals surface area contributed by atoms with Crippen LogP contribution in [-0.2, 0) is 13.0 Å². The van der Waals surface area contributed by atoms with E-state index in [0.717, 1.165) is 16.1 Å². The van der Waals surface area contributed by atoms with Gasteiger partial charge in [-0.25, -0.2) is 14.5 Å². The van der Waals surface area contributed by atoms with E-state index >= 15 is 0 Å². The van der Waals surface area contributed by atoms with Gasteiger partial charge in [-0.1, -0.05) is 24.3 Å². The Kier molecular flexibility index (Phi) is 5.64. The van der Waals surface area contributed by atoms with Crippen molar-refractivity contribution in [2.24, 2.45) is 0 Å². The van der Waals surface area contributed by atoms with Crippen LogP contribution >= 0.6 is 11.3 Å². The Morgan fingerprint density at radius 1 is 1.19 bits per heavy atom. The predicted molar refractivity (Wildman–Crippen MR) is 137 cm³/mol. The zero-order valence-electron chi connectivity index (χ0n) is 20.1. The number of nitrogens with zero attached hydrogens (tertiary/aromatic N) is 6. The molecule has 0 aliphatic carbocycles. The van der Waals surface area contributed by atoms with E-state index in [4.69, 9.17) is 0 Å². The number of amides is 1. The first kappa shape index (κ1) is 23.2.